The predicted molar refractivity (Wildman–Crippen MR) is 506 cm³/mol. The topological polar surface area (TPSA) is 0 Å². The van der Waals surface area contributed by atoms with E-state index in [9.17, 15) is 0 Å². The van der Waals surface area contributed by atoms with Gasteiger partial charge in [-0.15, -0.1) is 0 Å². The zero-order valence-corrected chi connectivity index (χ0v) is 84.3. The van der Waals surface area contributed by atoms with Gasteiger partial charge in [0.15, 0.2) is 0 Å². The molecule has 4 aromatic rings. The van der Waals surface area contributed by atoms with Crippen LogP contribution >= 0.6 is 0 Å². The maximum absolute atomic E-state index is 2.35. The molecule has 0 unspecified atom stereocenters. The second-order valence-corrected chi connectivity index (χ2v) is 38.3. The highest BCUT2D eigenvalue weighted by molar-refractivity contribution is 6.09. The first-order chi connectivity index (χ1) is 51.2. The van der Waals surface area contributed by atoms with E-state index in [4.69, 9.17) is 0 Å². The van der Waals surface area contributed by atoms with Crippen molar-refractivity contribution >= 4 is 41.0 Å². The minimum atomic E-state index is 1.19. The molecule has 4 rings (SSSR count). The summed E-state index contributed by atoms with van der Waals surface area (Å²) < 4.78 is 4.77. The van der Waals surface area contributed by atoms with Crippen LogP contribution in [0.2, 0.25) is 24.2 Å². The molecule has 8 heteroatoms. The third-order valence-corrected chi connectivity index (χ3v) is 23.9. The maximum atomic E-state index is 2.35. The predicted octanol–water partition coefficient (Wildman–Crippen LogP) is 24.8. The lowest BCUT2D eigenvalue weighted by atomic mass is 10.1. The van der Waals surface area contributed by atoms with Gasteiger partial charge in [-0.1, -0.05) is 392 Å². The van der Waals surface area contributed by atoms with E-state index in [2.05, 4.69) is 233 Å². The zero-order valence-electron chi connectivity index (χ0n) is 76.3. The van der Waals surface area contributed by atoms with Gasteiger partial charge in [-0.3, -0.25) is 0 Å². The average molecular weight is 1540 g/mol. The summed E-state index contributed by atoms with van der Waals surface area (Å²) in [4.78, 5) is 0. The molecule has 0 radical (unpaired) electrons. The summed E-state index contributed by atoms with van der Waals surface area (Å²) in [5.41, 5.74) is 5.92. The lowest BCUT2D eigenvalue weighted by molar-refractivity contribution is -0.888. The fourth-order valence-corrected chi connectivity index (χ4v) is 15.1. The number of hydrogen-bond donors (Lipinski definition) is 0. The van der Waals surface area contributed by atoms with Gasteiger partial charge in [0, 0.05) is 41.0 Å². The quantitative estimate of drug-likeness (QED) is 0.0235. The molecule has 0 spiro atoms. The van der Waals surface area contributed by atoms with Crippen LogP contribution in [0.4, 0.5) is 0 Å². The standard InChI is InChI=1S/C18H40N.C17H38N.C16H36N.C15H34N.4C8H12Si/c1-5-7-8-9-10-11-12-13-14-15-16-17-18-19(3,4)6-2;1-5-7-8-9-10-11-12-13-14-15-16-17-18(3,4)6-2;1-5-7-8-9-10-11-12-13-14-15-16-17(3,4)6-2;1-5-7-8-9-10-11-12-13-14-15-16(3,4)6-2;4*9-7-6-8-4-2-1-3-5-8/h5-18H2,1-4H3;5-17H2,1-4H3;5-16H2,1-4H3;5-15H2,1-4H3;4*1-5H,6-7H2,9H3/q4*+1;;;;. The number of hydrogen-bond acceptors (Lipinski definition) is 0. The number of nitrogens with zero attached hydrogens (tertiary/aromatic N) is 4. The first-order valence-electron chi connectivity index (χ1n) is 46.6. The van der Waals surface area contributed by atoms with Gasteiger partial charge in [-0.25, -0.2) is 0 Å². The summed E-state index contributed by atoms with van der Waals surface area (Å²) in [6.07, 6.45) is 65.8. The molecular formula is C98H196N4Si4+4. The second kappa shape index (κ2) is 85.0. The van der Waals surface area contributed by atoms with Crippen molar-refractivity contribution in [2.45, 2.75) is 375 Å². The molecule has 0 heterocycles. The van der Waals surface area contributed by atoms with Crippen LogP contribution in [0.15, 0.2) is 121 Å². The number of rotatable bonds is 58. The molecule has 620 valence electrons. The SMILES string of the molecule is CCCCCCCCCCCCCC[N+](C)(C)CC.CCCCCCCCCCCCC[N+](C)(C)CC.CCCCCCCCCCCC[N+](C)(C)CC.CCCCCCCCCCC[N+](C)(C)CC.[SiH3]CCc1ccccc1.[SiH3]CCc1ccccc1.[SiH3]CCc1ccccc1.[SiH3]CCc1ccccc1. The van der Waals surface area contributed by atoms with Crippen molar-refractivity contribution in [2.75, 3.05) is 109 Å². The van der Waals surface area contributed by atoms with Crippen molar-refractivity contribution in [1.82, 2.24) is 0 Å². The number of unbranched alkanes of at least 4 members (excludes halogenated alkanes) is 38. The fourth-order valence-electron chi connectivity index (χ4n) is 12.8. The van der Waals surface area contributed by atoms with Gasteiger partial charge in [-0.2, -0.15) is 0 Å². The molecular weight excluding hydrogens is 1350 g/mol. The highest BCUT2D eigenvalue weighted by Gasteiger charge is 2.13. The van der Waals surface area contributed by atoms with Gasteiger partial charge in [0.05, 0.1) is 109 Å². The van der Waals surface area contributed by atoms with Crippen molar-refractivity contribution in [3.63, 3.8) is 0 Å². The maximum Gasteiger partial charge on any atom is 0.0782 e. The smallest absolute Gasteiger partial charge is 0.0782 e. The molecule has 0 atom stereocenters. The minimum absolute atomic E-state index is 1.19. The monoisotopic (exact) mass is 1540 g/mol. The second-order valence-electron chi connectivity index (χ2n) is 34.3. The van der Waals surface area contributed by atoms with Crippen molar-refractivity contribution < 1.29 is 17.9 Å². The minimum Gasteiger partial charge on any atom is -0.329 e. The molecule has 0 saturated carbocycles. The van der Waals surface area contributed by atoms with E-state index in [0.29, 0.717) is 0 Å². The van der Waals surface area contributed by atoms with Crippen LogP contribution in [0.5, 0.6) is 0 Å². The molecule has 0 aliphatic rings. The Bertz CT molecular complexity index is 2040. The highest BCUT2D eigenvalue weighted by atomic mass is 28.2. The van der Waals surface area contributed by atoms with E-state index in [-0.39, 0.29) is 0 Å². The molecule has 0 fully saturated rings. The van der Waals surface area contributed by atoms with E-state index in [1.54, 1.807) is 0 Å². The van der Waals surface area contributed by atoms with E-state index in [0.717, 1.165) is 0 Å². The summed E-state index contributed by atoms with van der Waals surface area (Å²) in [5.74, 6) is 0. The lowest BCUT2D eigenvalue weighted by Crippen LogP contribution is -2.39. The van der Waals surface area contributed by atoms with Gasteiger partial charge in [0.1, 0.15) is 0 Å². The van der Waals surface area contributed by atoms with Crippen molar-refractivity contribution in [2.24, 2.45) is 0 Å². The Morgan fingerprint density at radius 2 is 0.302 bits per heavy atom. The summed E-state index contributed by atoms with van der Waals surface area (Å²) in [6.45, 7) is 28.8. The van der Waals surface area contributed by atoms with Gasteiger partial charge >= 0.3 is 0 Å². The Hall–Kier alpha value is -2.41. The Morgan fingerprint density at radius 1 is 0.179 bits per heavy atom. The largest absolute Gasteiger partial charge is 0.329 e. The third kappa shape index (κ3) is 88.8. The van der Waals surface area contributed by atoms with E-state index in [1.165, 1.54) is 453 Å². The Morgan fingerprint density at radius 3 is 0.415 bits per heavy atom. The van der Waals surface area contributed by atoms with Crippen LogP contribution in [-0.4, -0.2) is 168 Å². The van der Waals surface area contributed by atoms with E-state index < -0.39 is 0 Å². The lowest BCUT2D eigenvalue weighted by Gasteiger charge is -2.28. The van der Waals surface area contributed by atoms with Crippen LogP contribution in [0, 0.1) is 0 Å². The molecule has 0 aliphatic heterocycles. The first kappa shape index (κ1) is 110. The molecule has 0 bridgehead atoms. The van der Waals surface area contributed by atoms with Crippen LogP contribution in [0.25, 0.3) is 0 Å². The van der Waals surface area contributed by atoms with Crippen molar-refractivity contribution in [1.29, 1.82) is 0 Å². The molecule has 0 saturated heterocycles. The first-order valence-corrected chi connectivity index (χ1v) is 52.3. The van der Waals surface area contributed by atoms with Gasteiger partial charge in [0.2, 0.25) is 0 Å². The van der Waals surface area contributed by atoms with Crippen LogP contribution < -0.4 is 0 Å². The third-order valence-electron chi connectivity index (χ3n) is 21.9. The van der Waals surface area contributed by atoms with Crippen LogP contribution in [0.3, 0.4) is 0 Å². The summed E-state index contributed by atoms with van der Waals surface area (Å²) in [5, 5.41) is 0. The number of quaternary nitrogens is 4. The molecule has 106 heavy (non-hydrogen) atoms. The van der Waals surface area contributed by atoms with Gasteiger partial charge < -0.3 is 17.9 Å². The Labute approximate surface area is 681 Å². The molecule has 0 aromatic heterocycles. The molecule has 4 nitrogen and oxygen atoms in total. The molecule has 0 N–H and O–H groups in total. The number of benzene rings is 4. The molecule has 0 amide bonds. The van der Waals surface area contributed by atoms with Gasteiger partial charge in [-0.05, 0) is 127 Å². The number of aryl methyl sites for hydroxylation is 4. The highest BCUT2D eigenvalue weighted by Crippen LogP contribution is 2.17. The molecule has 4 aromatic carbocycles. The summed E-state index contributed by atoms with van der Waals surface area (Å²) >= 11 is 0. The van der Waals surface area contributed by atoms with Crippen molar-refractivity contribution in [3.8, 4) is 0 Å². The average Bonchev–Trinajstić information content (AvgIpc) is 1.05. The van der Waals surface area contributed by atoms with Crippen LogP contribution in [0.1, 0.15) is 347 Å². The summed E-state index contributed by atoms with van der Waals surface area (Å²) in [6, 6.07) is 48.1. The fraction of sp³-hybridized carbons (Fsp3) is 0.755. The van der Waals surface area contributed by atoms with E-state index >= 15 is 0 Å². The van der Waals surface area contributed by atoms with Gasteiger partial charge in [0.25, 0.3) is 0 Å². The normalized spacial score (nSPS) is 11.2. The molecule has 0 aliphatic carbocycles. The van der Waals surface area contributed by atoms with Crippen molar-refractivity contribution in [3.05, 3.63) is 144 Å². The zero-order chi connectivity index (χ0) is 79.5. The van der Waals surface area contributed by atoms with E-state index in [1.807, 2.05) is 0 Å². The van der Waals surface area contributed by atoms with Crippen LogP contribution in [-0.2, 0) is 25.7 Å². The summed E-state index contributed by atoms with van der Waals surface area (Å²) in [7, 11) is 24.0. The Kier molecular flexibility index (Phi) is 88.2. The Balaban J connectivity index is -0.000000570.